The Morgan fingerprint density at radius 3 is 2.36 bits per heavy atom. The van der Waals surface area contributed by atoms with Crippen LogP contribution in [0.15, 0.2) is 36.4 Å². The molecule has 5 heteroatoms. The first-order valence-electron chi connectivity index (χ1n) is 9.58. The first-order chi connectivity index (χ1) is 13.0. The second kappa shape index (κ2) is 9.15. The molecule has 0 heterocycles. The van der Waals surface area contributed by atoms with Crippen LogP contribution in [-0.2, 0) is 13.2 Å². The second-order valence-electron chi connectivity index (χ2n) is 9.12. The van der Waals surface area contributed by atoms with Gasteiger partial charge in [0.1, 0.15) is 19.0 Å². The third kappa shape index (κ3) is 6.68. The topological polar surface area (TPSA) is 35.1 Å². The van der Waals surface area contributed by atoms with Crippen molar-refractivity contribution in [1.82, 2.24) is 0 Å². The maximum Gasteiger partial charge on any atom is 0.180 e. The lowest BCUT2D eigenvalue weighted by Gasteiger charge is -2.30. The molecular weight excluding hydrogens is 377 g/mol. The van der Waals surface area contributed by atoms with Crippen LogP contribution in [0.25, 0.3) is 0 Å². The number of benzene rings is 2. The number of quaternary nitrogens is 1. The molecule has 0 unspecified atom stereocenters. The van der Waals surface area contributed by atoms with Crippen LogP contribution < -0.4 is 14.8 Å². The van der Waals surface area contributed by atoms with Crippen LogP contribution in [0, 0.1) is 11.2 Å². The van der Waals surface area contributed by atoms with E-state index >= 15 is 0 Å². The van der Waals surface area contributed by atoms with Crippen LogP contribution >= 0.6 is 11.6 Å². The fourth-order valence-corrected chi connectivity index (χ4v) is 3.92. The molecule has 0 saturated heterocycles. The van der Waals surface area contributed by atoms with Gasteiger partial charge in [-0.2, -0.15) is 0 Å². The van der Waals surface area contributed by atoms with Crippen LogP contribution in [0.4, 0.5) is 4.39 Å². The molecule has 3 nitrogen and oxygen atoms in total. The molecule has 2 aromatic carbocycles. The number of methoxy groups -OCH3 is 1. The van der Waals surface area contributed by atoms with Crippen LogP contribution in [0.1, 0.15) is 52.2 Å². The average Bonchev–Trinajstić information content (AvgIpc) is 2.58. The summed E-state index contributed by atoms with van der Waals surface area (Å²) in [7, 11) is 1.58. The van der Waals surface area contributed by atoms with E-state index in [2.05, 4.69) is 39.9 Å². The van der Waals surface area contributed by atoms with Crippen molar-refractivity contribution in [2.24, 2.45) is 5.41 Å². The minimum atomic E-state index is -0.301. The molecule has 0 radical (unpaired) electrons. The monoisotopic (exact) mass is 408 g/mol. The third-order valence-electron chi connectivity index (χ3n) is 4.50. The summed E-state index contributed by atoms with van der Waals surface area (Å²) in [5, 5.41) is 2.79. The molecule has 2 N–H and O–H groups in total. The molecule has 0 aliphatic heterocycles. The number of halogens is 2. The highest BCUT2D eigenvalue weighted by Crippen LogP contribution is 2.37. The quantitative estimate of drug-likeness (QED) is 0.639. The Bertz CT molecular complexity index is 800. The summed E-state index contributed by atoms with van der Waals surface area (Å²) < 4.78 is 25.1. The minimum Gasteiger partial charge on any atom is -0.493 e. The van der Waals surface area contributed by atoms with Gasteiger partial charge < -0.3 is 14.8 Å². The summed E-state index contributed by atoms with van der Waals surface area (Å²) in [5.41, 5.74) is 1.90. The Morgan fingerprint density at radius 1 is 1.07 bits per heavy atom. The van der Waals surface area contributed by atoms with Gasteiger partial charge in [-0.25, -0.2) is 4.39 Å². The number of nitrogens with two attached hydrogens (primary N) is 1. The van der Waals surface area contributed by atoms with E-state index in [0.29, 0.717) is 22.1 Å². The summed E-state index contributed by atoms with van der Waals surface area (Å²) in [6, 6.07) is 10.4. The predicted octanol–water partition coefficient (Wildman–Crippen LogP) is 5.34. The average molecular weight is 409 g/mol. The normalized spacial score (nSPS) is 12.1. The maximum atomic E-state index is 13.8. The molecule has 0 bridgehead atoms. The highest BCUT2D eigenvalue weighted by molar-refractivity contribution is 6.32. The zero-order valence-electron chi connectivity index (χ0n) is 17.7. The molecule has 0 spiro atoms. The SMILES string of the molecule is COc1cc(C[NH2+]C(C)(C)CC(C)(C)C)cc(Cl)c1OCc1ccccc1F. The van der Waals surface area contributed by atoms with Crippen molar-refractivity contribution in [1.29, 1.82) is 0 Å². The van der Waals surface area contributed by atoms with Gasteiger partial charge in [0.2, 0.25) is 0 Å². The summed E-state index contributed by atoms with van der Waals surface area (Å²) in [6.07, 6.45) is 1.09. The van der Waals surface area contributed by atoms with Gasteiger partial charge in [0.15, 0.2) is 11.5 Å². The third-order valence-corrected chi connectivity index (χ3v) is 4.78. The standard InChI is InChI=1S/C23H31ClFNO2/c1-22(2,3)15-23(4,5)26-13-16-11-18(24)21(20(12-16)27-6)28-14-17-9-7-8-10-19(17)25/h7-12,26H,13-15H2,1-6H3/p+1. The van der Waals surface area contributed by atoms with Crippen molar-refractivity contribution in [3.05, 3.63) is 58.4 Å². The molecule has 2 rings (SSSR count). The van der Waals surface area contributed by atoms with Crippen molar-refractivity contribution in [3.8, 4) is 11.5 Å². The van der Waals surface area contributed by atoms with Crippen LogP contribution in [0.3, 0.4) is 0 Å². The summed E-state index contributed by atoms with van der Waals surface area (Å²) in [4.78, 5) is 0. The smallest absolute Gasteiger partial charge is 0.180 e. The van der Waals surface area contributed by atoms with E-state index in [1.807, 2.05) is 12.1 Å². The van der Waals surface area contributed by atoms with E-state index in [4.69, 9.17) is 21.1 Å². The zero-order valence-corrected chi connectivity index (χ0v) is 18.5. The van der Waals surface area contributed by atoms with E-state index in [9.17, 15) is 4.39 Å². The molecule has 0 aromatic heterocycles. The lowest BCUT2D eigenvalue weighted by molar-refractivity contribution is -0.737. The van der Waals surface area contributed by atoms with E-state index in [1.165, 1.54) is 6.07 Å². The molecule has 0 saturated carbocycles. The number of hydrogen-bond donors (Lipinski definition) is 1. The first kappa shape index (κ1) is 22.5. The van der Waals surface area contributed by atoms with Gasteiger partial charge in [-0.05, 0) is 37.5 Å². The largest absolute Gasteiger partial charge is 0.493 e. The summed E-state index contributed by atoms with van der Waals surface area (Å²) >= 11 is 6.46. The van der Waals surface area contributed by atoms with Crippen LogP contribution in [-0.4, -0.2) is 12.6 Å². The van der Waals surface area contributed by atoms with Crippen molar-refractivity contribution < 1.29 is 19.2 Å². The van der Waals surface area contributed by atoms with Crippen molar-refractivity contribution in [2.45, 2.75) is 59.7 Å². The summed E-state index contributed by atoms with van der Waals surface area (Å²) in [5.74, 6) is 0.691. The van der Waals surface area contributed by atoms with Crippen molar-refractivity contribution in [2.75, 3.05) is 7.11 Å². The van der Waals surface area contributed by atoms with E-state index in [-0.39, 0.29) is 23.4 Å². The zero-order chi connectivity index (χ0) is 20.9. The van der Waals surface area contributed by atoms with Gasteiger partial charge in [-0.1, -0.05) is 50.6 Å². The molecule has 0 atom stereocenters. The number of ether oxygens (including phenoxy) is 2. The van der Waals surface area contributed by atoms with Crippen LogP contribution in [0.5, 0.6) is 11.5 Å². The maximum absolute atomic E-state index is 13.8. The molecule has 0 amide bonds. The van der Waals surface area contributed by atoms with Gasteiger partial charge in [-0.15, -0.1) is 0 Å². The van der Waals surface area contributed by atoms with Gasteiger partial charge in [-0.3, -0.25) is 0 Å². The molecule has 0 aliphatic rings. The van der Waals surface area contributed by atoms with Gasteiger partial charge in [0, 0.05) is 17.5 Å². The molecule has 0 aliphatic carbocycles. The van der Waals surface area contributed by atoms with E-state index in [0.717, 1.165) is 18.5 Å². The molecular formula is C23H32ClFNO2+. The Kier molecular flexibility index (Phi) is 7.35. The summed E-state index contributed by atoms with van der Waals surface area (Å²) in [6.45, 7) is 12.1. The van der Waals surface area contributed by atoms with Gasteiger partial charge in [0.25, 0.3) is 0 Å². The van der Waals surface area contributed by atoms with E-state index in [1.54, 1.807) is 25.3 Å². The predicted molar refractivity (Wildman–Crippen MR) is 113 cm³/mol. The van der Waals surface area contributed by atoms with Crippen molar-refractivity contribution >= 4 is 11.6 Å². The minimum absolute atomic E-state index is 0.0901. The molecule has 0 fully saturated rings. The Hall–Kier alpha value is -1.78. The van der Waals surface area contributed by atoms with E-state index < -0.39 is 0 Å². The van der Waals surface area contributed by atoms with Crippen LogP contribution in [0.2, 0.25) is 5.02 Å². The van der Waals surface area contributed by atoms with Gasteiger partial charge >= 0.3 is 0 Å². The Labute approximate surface area is 173 Å². The highest BCUT2D eigenvalue weighted by atomic mass is 35.5. The number of rotatable bonds is 8. The second-order valence-corrected chi connectivity index (χ2v) is 9.53. The highest BCUT2D eigenvalue weighted by Gasteiger charge is 2.28. The van der Waals surface area contributed by atoms with Crippen molar-refractivity contribution in [3.63, 3.8) is 0 Å². The fraction of sp³-hybridized carbons (Fsp3) is 0.478. The first-order valence-corrected chi connectivity index (χ1v) is 9.95. The number of hydrogen-bond acceptors (Lipinski definition) is 2. The fourth-order valence-electron chi connectivity index (χ4n) is 3.63. The lowest BCUT2D eigenvalue weighted by Crippen LogP contribution is -2.94. The molecule has 154 valence electrons. The lowest BCUT2D eigenvalue weighted by atomic mass is 9.82. The Morgan fingerprint density at radius 2 is 1.75 bits per heavy atom. The Balaban J connectivity index is 2.11. The molecule has 28 heavy (non-hydrogen) atoms. The van der Waals surface area contributed by atoms with Gasteiger partial charge in [0.05, 0.1) is 17.7 Å². The molecule has 2 aromatic rings.